The Bertz CT molecular complexity index is 927. The normalized spacial score (nSPS) is 11.7. The molecule has 0 amide bonds. The van der Waals surface area contributed by atoms with E-state index in [9.17, 15) is 0 Å². The van der Waals surface area contributed by atoms with Gasteiger partial charge in [0.2, 0.25) is 0 Å². The Morgan fingerprint density at radius 1 is 0.560 bits per heavy atom. The molecule has 0 fully saturated rings. The summed E-state index contributed by atoms with van der Waals surface area (Å²) in [6, 6.07) is 31.1. The van der Waals surface area contributed by atoms with Gasteiger partial charge in [-0.1, -0.05) is 84.9 Å². The predicted molar refractivity (Wildman–Crippen MR) is 108 cm³/mol. The fourth-order valence-corrected chi connectivity index (χ4v) is 3.68. The number of fused-ring (bicyclic) bond motifs is 2. The summed E-state index contributed by atoms with van der Waals surface area (Å²) in [5, 5.41) is 9.00. The molecule has 124 valence electrons. The van der Waals surface area contributed by atoms with E-state index in [1.807, 2.05) is 0 Å². The monoisotopic (exact) mass is 325 g/mol. The van der Waals surface area contributed by atoms with Crippen molar-refractivity contribution < 1.29 is 0 Å². The first-order chi connectivity index (χ1) is 12.2. The Labute approximate surface area is 149 Å². The van der Waals surface area contributed by atoms with E-state index in [1.54, 1.807) is 0 Å². The first-order valence-electron chi connectivity index (χ1n) is 8.95. The summed E-state index contributed by atoms with van der Waals surface area (Å²) in [4.78, 5) is 0. The molecule has 1 heteroatoms. The molecule has 0 atom stereocenters. The van der Waals surface area contributed by atoms with Crippen molar-refractivity contribution in [3.05, 3.63) is 96.1 Å². The van der Waals surface area contributed by atoms with Gasteiger partial charge < -0.3 is 5.32 Å². The quantitative estimate of drug-likeness (QED) is 0.479. The fraction of sp³-hybridized carbons (Fsp3) is 0.167. The van der Waals surface area contributed by atoms with Crippen LogP contribution in [-0.2, 0) is 0 Å². The second kappa shape index (κ2) is 6.70. The zero-order valence-electron chi connectivity index (χ0n) is 14.7. The van der Waals surface area contributed by atoms with E-state index in [1.165, 1.54) is 32.7 Å². The highest BCUT2D eigenvalue weighted by atomic mass is 14.9. The highest BCUT2D eigenvalue weighted by molar-refractivity contribution is 5.90. The van der Waals surface area contributed by atoms with Gasteiger partial charge in [0.25, 0.3) is 0 Å². The molecule has 25 heavy (non-hydrogen) atoms. The molecule has 1 N–H and O–H groups in total. The Hall–Kier alpha value is -2.64. The van der Waals surface area contributed by atoms with Gasteiger partial charge in [-0.05, 0) is 46.5 Å². The maximum absolute atomic E-state index is 3.80. The Morgan fingerprint density at radius 3 is 1.48 bits per heavy atom. The lowest BCUT2D eigenvalue weighted by molar-refractivity contribution is 0.533. The molecule has 0 radical (unpaired) electrons. The van der Waals surface area contributed by atoms with Crippen LogP contribution in [0.4, 0.5) is 0 Å². The Morgan fingerprint density at radius 2 is 1.00 bits per heavy atom. The maximum atomic E-state index is 3.80. The summed E-state index contributed by atoms with van der Waals surface area (Å²) in [7, 11) is 0. The van der Waals surface area contributed by atoms with E-state index in [-0.39, 0.29) is 6.04 Å². The zero-order valence-corrected chi connectivity index (χ0v) is 14.7. The van der Waals surface area contributed by atoms with Crippen molar-refractivity contribution in [2.45, 2.75) is 25.9 Å². The number of hydrogen-bond donors (Lipinski definition) is 1. The second-order valence-corrected chi connectivity index (χ2v) is 6.89. The van der Waals surface area contributed by atoms with Gasteiger partial charge >= 0.3 is 0 Å². The standard InChI is InChI=1S/C24H23N/c1-17(2)25-24(22-15-7-11-18-9-3-5-13-20(18)22)23-16-8-12-19-10-4-6-14-21(19)23/h3-17,24-25H,1-2H3. The van der Waals surface area contributed by atoms with Crippen LogP contribution in [0.3, 0.4) is 0 Å². The summed E-state index contributed by atoms with van der Waals surface area (Å²) in [5.41, 5.74) is 2.67. The average molecular weight is 325 g/mol. The van der Waals surface area contributed by atoms with Gasteiger partial charge in [-0.25, -0.2) is 0 Å². The molecule has 4 aromatic carbocycles. The van der Waals surface area contributed by atoms with Gasteiger partial charge in [0, 0.05) is 6.04 Å². The highest BCUT2D eigenvalue weighted by Crippen LogP contribution is 2.33. The lowest BCUT2D eigenvalue weighted by atomic mass is 9.90. The smallest absolute Gasteiger partial charge is 0.0590 e. The van der Waals surface area contributed by atoms with Gasteiger partial charge in [0.05, 0.1) is 6.04 Å². The third-order valence-electron chi connectivity index (χ3n) is 4.77. The fourth-order valence-electron chi connectivity index (χ4n) is 3.68. The minimum atomic E-state index is 0.164. The van der Waals surface area contributed by atoms with E-state index in [0.29, 0.717) is 6.04 Å². The van der Waals surface area contributed by atoms with E-state index in [0.717, 1.165) is 0 Å². The van der Waals surface area contributed by atoms with E-state index < -0.39 is 0 Å². The van der Waals surface area contributed by atoms with E-state index in [4.69, 9.17) is 0 Å². The summed E-state index contributed by atoms with van der Waals surface area (Å²) < 4.78 is 0. The van der Waals surface area contributed by atoms with Crippen LogP contribution in [0.5, 0.6) is 0 Å². The SMILES string of the molecule is CC(C)NC(c1cccc2ccccc12)c1cccc2ccccc12. The van der Waals surface area contributed by atoms with Crippen molar-refractivity contribution in [1.82, 2.24) is 5.32 Å². The molecule has 0 heterocycles. The molecule has 4 rings (SSSR count). The van der Waals surface area contributed by atoms with Crippen molar-refractivity contribution in [3.63, 3.8) is 0 Å². The summed E-state index contributed by atoms with van der Waals surface area (Å²) in [5.74, 6) is 0. The highest BCUT2D eigenvalue weighted by Gasteiger charge is 2.19. The molecule has 0 aliphatic heterocycles. The molecule has 0 saturated carbocycles. The van der Waals surface area contributed by atoms with Gasteiger partial charge in [-0.3, -0.25) is 0 Å². The predicted octanol–water partition coefficient (Wildman–Crippen LogP) is 6.08. The molecule has 0 unspecified atom stereocenters. The van der Waals surface area contributed by atoms with Crippen molar-refractivity contribution >= 4 is 21.5 Å². The van der Waals surface area contributed by atoms with Crippen molar-refractivity contribution in [2.24, 2.45) is 0 Å². The van der Waals surface area contributed by atoms with Crippen molar-refractivity contribution in [1.29, 1.82) is 0 Å². The number of nitrogens with one attached hydrogen (secondary N) is 1. The van der Waals surface area contributed by atoms with Gasteiger partial charge in [-0.15, -0.1) is 0 Å². The summed E-state index contributed by atoms with van der Waals surface area (Å²) in [6.45, 7) is 4.42. The summed E-state index contributed by atoms with van der Waals surface area (Å²) in [6.07, 6.45) is 0. The number of hydrogen-bond acceptors (Lipinski definition) is 1. The van der Waals surface area contributed by atoms with Gasteiger partial charge in [0.1, 0.15) is 0 Å². The Kier molecular flexibility index (Phi) is 4.25. The van der Waals surface area contributed by atoms with Crippen LogP contribution < -0.4 is 5.32 Å². The summed E-state index contributed by atoms with van der Waals surface area (Å²) >= 11 is 0. The lowest BCUT2D eigenvalue weighted by Gasteiger charge is -2.25. The molecule has 0 aromatic heterocycles. The second-order valence-electron chi connectivity index (χ2n) is 6.89. The third kappa shape index (κ3) is 3.04. The van der Waals surface area contributed by atoms with E-state index >= 15 is 0 Å². The van der Waals surface area contributed by atoms with Crippen molar-refractivity contribution in [3.8, 4) is 0 Å². The zero-order chi connectivity index (χ0) is 17.2. The maximum Gasteiger partial charge on any atom is 0.0590 e. The van der Waals surface area contributed by atoms with Crippen molar-refractivity contribution in [2.75, 3.05) is 0 Å². The number of benzene rings is 4. The van der Waals surface area contributed by atoms with Crippen LogP contribution in [0.15, 0.2) is 84.9 Å². The lowest BCUT2D eigenvalue weighted by Crippen LogP contribution is -2.29. The molecule has 0 aliphatic carbocycles. The molecule has 1 nitrogen and oxygen atoms in total. The van der Waals surface area contributed by atoms with Gasteiger partial charge in [-0.2, -0.15) is 0 Å². The topological polar surface area (TPSA) is 12.0 Å². The van der Waals surface area contributed by atoms with E-state index in [2.05, 4.69) is 104 Å². The molecule has 4 aromatic rings. The molecule has 0 spiro atoms. The van der Waals surface area contributed by atoms with Crippen LogP contribution in [0.2, 0.25) is 0 Å². The van der Waals surface area contributed by atoms with Crippen LogP contribution in [0.1, 0.15) is 31.0 Å². The average Bonchev–Trinajstić information content (AvgIpc) is 2.65. The molecule has 0 aliphatic rings. The van der Waals surface area contributed by atoms with Gasteiger partial charge in [0.15, 0.2) is 0 Å². The third-order valence-corrected chi connectivity index (χ3v) is 4.77. The molecule has 0 saturated heterocycles. The van der Waals surface area contributed by atoms with Crippen LogP contribution in [0, 0.1) is 0 Å². The van der Waals surface area contributed by atoms with Crippen LogP contribution in [0.25, 0.3) is 21.5 Å². The number of rotatable bonds is 4. The first-order valence-corrected chi connectivity index (χ1v) is 8.95. The first kappa shape index (κ1) is 15.9. The largest absolute Gasteiger partial charge is 0.304 e. The van der Waals surface area contributed by atoms with Crippen LogP contribution >= 0.6 is 0 Å². The Balaban J connectivity index is 1.97. The molecular formula is C24H23N. The van der Waals surface area contributed by atoms with Crippen LogP contribution in [-0.4, -0.2) is 6.04 Å². The minimum Gasteiger partial charge on any atom is -0.304 e. The molecular weight excluding hydrogens is 302 g/mol. The molecule has 0 bridgehead atoms. The minimum absolute atomic E-state index is 0.164.